The number of aliphatic hydroxyl groups excluding tert-OH is 9. The smallest absolute Gasteiger partial charge is 0.450 e. The molecule has 250 valence electrons. The third kappa shape index (κ3) is 7.30. The molecule has 3 fully saturated rings. The van der Waals surface area contributed by atoms with Gasteiger partial charge in [-0.1, -0.05) is 18.2 Å². The van der Waals surface area contributed by atoms with E-state index in [0.29, 0.717) is 0 Å². The normalized spacial score (nSPS) is 42.5. The Balaban J connectivity index is 1.67. The van der Waals surface area contributed by atoms with Crippen LogP contribution in [0.4, 0.5) is 0 Å². The van der Waals surface area contributed by atoms with Crippen molar-refractivity contribution in [1.82, 2.24) is 0 Å². The van der Waals surface area contributed by atoms with E-state index in [1.54, 1.807) is 6.07 Å². The van der Waals surface area contributed by atoms with Crippen LogP contribution in [0, 0.1) is 0 Å². The molecule has 3 saturated heterocycles. The first kappa shape index (κ1) is 35.1. The molecule has 1 aromatic carbocycles. The highest BCUT2D eigenvalue weighted by Gasteiger charge is 2.63. The molecule has 4 rings (SSSR count). The van der Waals surface area contributed by atoms with Crippen LogP contribution in [0.1, 0.15) is 10.4 Å². The average Bonchev–Trinajstić information content (AvgIpc) is 3.29. The largest absolute Gasteiger partial charge is 0.473 e. The van der Waals surface area contributed by atoms with Crippen LogP contribution in [0.2, 0.25) is 0 Å². The summed E-state index contributed by atoms with van der Waals surface area (Å²) in [4.78, 5) is 23.7. The summed E-state index contributed by atoms with van der Waals surface area (Å²) in [5.41, 5.74) is -0.0682. The first-order valence-electron chi connectivity index (χ1n) is 13.3. The summed E-state index contributed by atoms with van der Waals surface area (Å²) < 4.78 is 50.0. The Hall–Kier alpha value is -1.72. The van der Waals surface area contributed by atoms with Gasteiger partial charge in [0, 0.05) is 0 Å². The van der Waals surface area contributed by atoms with Gasteiger partial charge < -0.3 is 74.5 Å². The molecule has 0 saturated carbocycles. The summed E-state index contributed by atoms with van der Waals surface area (Å²) in [5, 5.41) is 90.9. The molecule has 0 amide bonds. The minimum atomic E-state index is -5.49. The van der Waals surface area contributed by atoms with Crippen LogP contribution in [0.15, 0.2) is 30.3 Å². The van der Waals surface area contributed by atoms with Crippen LogP contribution in [0.3, 0.4) is 0 Å². The van der Waals surface area contributed by atoms with E-state index in [1.165, 1.54) is 24.3 Å². The maximum atomic E-state index is 13.1. The molecule has 1 aromatic rings. The molecule has 3 aliphatic heterocycles. The lowest BCUT2D eigenvalue weighted by molar-refractivity contribution is -0.383. The predicted molar refractivity (Wildman–Crippen MR) is 136 cm³/mol. The number of carbonyl (C=O) groups is 1. The first-order valence-corrected chi connectivity index (χ1v) is 14.8. The quantitative estimate of drug-likeness (QED) is 0.0786. The second-order valence-corrected chi connectivity index (χ2v) is 11.6. The van der Waals surface area contributed by atoms with E-state index < -0.39 is 120 Å². The molecule has 10 N–H and O–H groups in total. The van der Waals surface area contributed by atoms with Crippen molar-refractivity contribution < 1.29 is 92.9 Å². The van der Waals surface area contributed by atoms with Crippen molar-refractivity contribution in [2.45, 2.75) is 79.4 Å². The maximum Gasteiger partial charge on any atom is 0.473 e. The molecule has 3 aliphatic rings. The summed E-state index contributed by atoms with van der Waals surface area (Å²) in [6.07, 6.45) is -22.8. The van der Waals surface area contributed by atoms with Crippen LogP contribution in [-0.2, 0) is 37.3 Å². The van der Waals surface area contributed by atoms with Crippen LogP contribution >= 0.6 is 7.82 Å². The van der Waals surface area contributed by atoms with Gasteiger partial charge in [0.25, 0.3) is 0 Å². The van der Waals surface area contributed by atoms with Crippen LogP contribution in [0.25, 0.3) is 0 Å². The molecule has 14 atom stereocenters. The van der Waals surface area contributed by atoms with Gasteiger partial charge in [0.15, 0.2) is 18.7 Å². The number of esters is 1. The van der Waals surface area contributed by atoms with Crippen LogP contribution < -0.4 is 0 Å². The van der Waals surface area contributed by atoms with Gasteiger partial charge in [-0.15, -0.1) is 0 Å². The third-order valence-electron chi connectivity index (χ3n) is 7.22. The van der Waals surface area contributed by atoms with Crippen molar-refractivity contribution in [3.8, 4) is 0 Å². The van der Waals surface area contributed by atoms with Gasteiger partial charge in [0.1, 0.15) is 61.5 Å². The Morgan fingerprint density at radius 1 is 0.886 bits per heavy atom. The van der Waals surface area contributed by atoms with Crippen molar-refractivity contribution in [2.75, 3.05) is 26.4 Å². The molecule has 0 radical (unpaired) electrons. The summed E-state index contributed by atoms with van der Waals surface area (Å²) in [5.74, 6) is -3.80. The lowest BCUT2D eigenvalue weighted by Gasteiger charge is -2.43. The van der Waals surface area contributed by atoms with Crippen molar-refractivity contribution >= 4 is 13.8 Å². The van der Waals surface area contributed by atoms with E-state index in [0.717, 1.165) is 0 Å². The molecule has 0 aliphatic carbocycles. The number of rotatable bonds is 11. The Bertz CT molecular complexity index is 1140. The highest BCUT2D eigenvalue weighted by molar-refractivity contribution is 7.47. The number of hydrogen-bond acceptors (Lipinski definition) is 18. The fraction of sp³-hybridized carbons (Fsp3) is 0.708. The Kier molecular flexibility index (Phi) is 11.5. The zero-order valence-corrected chi connectivity index (χ0v) is 23.6. The molecule has 44 heavy (non-hydrogen) atoms. The second kappa shape index (κ2) is 14.4. The lowest BCUT2D eigenvalue weighted by Crippen LogP contribution is -2.63. The van der Waals surface area contributed by atoms with Crippen LogP contribution in [-0.4, -0.2) is 163 Å². The first-order chi connectivity index (χ1) is 20.8. The fourth-order valence-electron chi connectivity index (χ4n) is 4.86. The van der Waals surface area contributed by atoms with Crippen molar-refractivity contribution in [3.63, 3.8) is 0 Å². The van der Waals surface area contributed by atoms with Crippen molar-refractivity contribution in [1.29, 1.82) is 0 Å². The van der Waals surface area contributed by atoms with Crippen molar-refractivity contribution in [3.05, 3.63) is 35.9 Å². The molecule has 0 spiro atoms. The summed E-state index contributed by atoms with van der Waals surface area (Å²) >= 11 is 0. The minimum Gasteiger partial charge on any atom is -0.450 e. The molecule has 1 unspecified atom stereocenters. The van der Waals surface area contributed by atoms with E-state index in [-0.39, 0.29) is 5.56 Å². The Morgan fingerprint density at radius 2 is 1.52 bits per heavy atom. The number of hydrogen-bond donors (Lipinski definition) is 10. The van der Waals surface area contributed by atoms with Crippen LogP contribution in [0.5, 0.6) is 0 Å². The van der Waals surface area contributed by atoms with E-state index in [1.807, 2.05) is 0 Å². The van der Waals surface area contributed by atoms with E-state index >= 15 is 0 Å². The SMILES string of the molecule is O=C(O[C@H]1[C@H](OP(=O)(O)O[C@@H]2[C@@H](O)[C@@H](O)CO[C@H]2O)[C@@H](CO)O[C@@]1(CO)O[C@H]1O[C@H](CO)[C@H](O)[C@@H](O)[C@H]1O)c1ccccc1. The number of phosphoric ester groups is 1. The number of benzene rings is 1. The number of ether oxygens (including phenoxy) is 5. The molecular weight excluding hydrogens is 623 g/mol. The van der Waals surface area contributed by atoms with Gasteiger partial charge in [0.05, 0.1) is 25.4 Å². The van der Waals surface area contributed by atoms with Gasteiger partial charge in [-0.2, -0.15) is 0 Å². The molecule has 3 heterocycles. The Labute approximate surface area is 248 Å². The second-order valence-electron chi connectivity index (χ2n) is 10.2. The van der Waals surface area contributed by atoms with E-state index in [9.17, 15) is 60.2 Å². The van der Waals surface area contributed by atoms with Gasteiger partial charge in [-0.25, -0.2) is 9.36 Å². The molecule has 0 aromatic heterocycles. The van der Waals surface area contributed by atoms with Crippen molar-refractivity contribution in [2.24, 2.45) is 0 Å². The number of aliphatic hydroxyl groups is 9. The number of carbonyl (C=O) groups excluding carboxylic acids is 1. The summed E-state index contributed by atoms with van der Waals surface area (Å²) in [7, 11) is -5.49. The van der Waals surface area contributed by atoms with Gasteiger partial charge >= 0.3 is 13.8 Å². The Morgan fingerprint density at radius 3 is 2.14 bits per heavy atom. The minimum absolute atomic E-state index is 0.0682. The molecular formula is C24H35O19P. The zero-order valence-electron chi connectivity index (χ0n) is 22.7. The fourth-order valence-corrected chi connectivity index (χ4v) is 6.00. The summed E-state index contributed by atoms with van der Waals surface area (Å²) in [6, 6.07) is 7.19. The van der Waals surface area contributed by atoms with Gasteiger partial charge in [-0.3, -0.25) is 9.05 Å². The maximum absolute atomic E-state index is 13.1. The molecule has 20 heteroatoms. The third-order valence-corrected chi connectivity index (χ3v) is 8.24. The summed E-state index contributed by atoms with van der Waals surface area (Å²) in [6.45, 7) is -3.71. The van der Waals surface area contributed by atoms with Gasteiger partial charge in [0.2, 0.25) is 5.79 Å². The highest BCUT2D eigenvalue weighted by Crippen LogP contribution is 2.52. The topological polar surface area (TPSA) is 301 Å². The standard InChI is InChI=1S/C24H35O19P/c25-6-12-15(30)16(31)17(32)23(38-12)41-24(9-27)20(39-21(33)10-4-2-1-3-5-10)18(13(7-26)40-24)42-44(35,36)43-19-14(29)11(28)8-37-22(19)34/h1-5,11-20,22-23,25-32,34H,6-9H2,(H,35,36)/t11-,12+,13+,14-,15-,16+,17+,18+,19+,20-,22+,23+,24-/m0/s1. The highest BCUT2D eigenvalue weighted by atomic mass is 31.2. The number of phosphoric acid groups is 1. The predicted octanol–water partition coefficient (Wildman–Crippen LogP) is -4.95. The lowest BCUT2D eigenvalue weighted by atomic mass is 9.99. The molecule has 0 bridgehead atoms. The van der Waals surface area contributed by atoms with E-state index in [2.05, 4.69) is 0 Å². The molecule has 19 nitrogen and oxygen atoms in total. The monoisotopic (exact) mass is 658 g/mol. The zero-order chi connectivity index (χ0) is 32.4. The average molecular weight is 658 g/mol. The van der Waals surface area contributed by atoms with E-state index in [4.69, 9.17) is 32.7 Å². The van der Waals surface area contributed by atoms with Gasteiger partial charge in [-0.05, 0) is 12.1 Å².